The van der Waals surface area contributed by atoms with Crippen molar-refractivity contribution in [1.29, 1.82) is 0 Å². The summed E-state index contributed by atoms with van der Waals surface area (Å²) in [5.41, 5.74) is -0.982. The lowest BCUT2D eigenvalue weighted by atomic mass is 10.1. The molecule has 2 nitrogen and oxygen atoms in total. The standard InChI is InChI=1S/C8H4F4N2/c9-6-1-4(8(10,11)12)2-7-5(6)3-13-14-7/h1-3H,(H,13,14). The van der Waals surface area contributed by atoms with Crippen LogP contribution in [0.5, 0.6) is 0 Å². The Hall–Kier alpha value is -1.59. The Morgan fingerprint density at radius 3 is 2.57 bits per heavy atom. The molecule has 0 unspecified atom stereocenters. The average molecular weight is 204 g/mol. The Balaban J connectivity index is 2.70. The molecule has 2 rings (SSSR count). The minimum absolute atomic E-state index is 0.0392. The van der Waals surface area contributed by atoms with Crippen LogP contribution in [0.3, 0.4) is 0 Å². The third-order valence-electron chi connectivity index (χ3n) is 1.84. The smallest absolute Gasteiger partial charge is 0.278 e. The van der Waals surface area contributed by atoms with Gasteiger partial charge in [-0.3, -0.25) is 5.10 Å². The Morgan fingerprint density at radius 1 is 1.21 bits per heavy atom. The molecule has 0 fully saturated rings. The van der Waals surface area contributed by atoms with Crippen molar-refractivity contribution < 1.29 is 17.6 Å². The van der Waals surface area contributed by atoms with Crippen molar-refractivity contribution in [1.82, 2.24) is 10.2 Å². The van der Waals surface area contributed by atoms with Crippen LogP contribution in [0.2, 0.25) is 0 Å². The van der Waals surface area contributed by atoms with Crippen molar-refractivity contribution in [2.45, 2.75) is 6.18 Å². The summed E-state index contributed by atoms with van der Waals surface area (Å²) in [5, 5.41) is 5.79. The van der Waals surface area contributed by atoms with Gasteiger partial charge in [0.1, 0.15) is 5.82 Å². The van der Waals surface area contributed by atoms with Gasteiger partial charge in [0.05, 0.1) is 22.7 Å². The van der Waals surface area contributed by atoms with E-state index in [1.807, 2.05) is 0 Å². The van der Waals surface area contributed by atoms with Gasteiger partial charge in [0, 0.05) is 0 Å². The average Bonchev–Trinajstić information content (AvgIpc) is 2.50. The zero-order valence-electron chi connectivity index (χ0n) is 6.69. The Bertz CT molecular complexity index is 472. The van der Waals surface area contributed by atoms with Crippen molar-refractivity contribution in [2.75, 3.05) is 0 Å². The predicted molar refractivity (Wildman–Crippen MR) is 41.1 cm³/mol. The van der Waals surface area contributed by atoms with Crippen LogP contribution in [0.1, 0.15) is 5.56 Å². The number of aromatic amines is 1. The number of halogens is 4. The van der Waals surface area contributed by atoms with Gasteiger partial charge in [-0.1, -0.05) is 0 Å². The Kier molecular flexibility index (Phi) is 1.73. The second kappa shape index (κ2) is 2.70. The molecule has 74 valence electrons. The van der Waals surface area contributed by atoms with Gasteiger partial charge in [0.15, 0.2) is 0 Å². The molecule has 0 amide bonds. The summed E-state index contributed by atoms with van der Waals surface area (Å²) in [6.07, 6.45) is -3.40. The molecule has 0 atom stereocenters. The summed E-state index contributed by atoms with van der Waals surface area (Å²) in [5.74, 6) is -0.927. The maximum absolute atomic E-state index is 13.1. The van der Waals surface area contributed by atoms with Crippen molar-refractivity contribution in [2.24, 2.45) is 0 Å². The van der Waals surface area contributed by atoms with Crippen molar-refractivity contribution in [3.8, 4) is 0 Å². The molecule has 2 aromatic rings. The molecule has 0 saturated heterocycles. The first kappa shape index (κ1) is 8.98. The number of fused-ring (bicyclic) bond motifs is 1. The van der Waals surface area contributed by atoms with Crippen LogP contribution in [0, 0.1) is 5.82 Å². The van der Waals surface area contributed by atoms with E-state index >= 15 is 0 Å². The fourth-order valence-corrected chi connectivity index (χ4v) is 1.17. The molecule has 6 heteroatoms. The monoisotopic (exact) mass is 204 g/mol. The van der Waals surface area contributed by atoms with Gasteiger partial charge in [-0.15, -0.1) is 0 Å². The summed E-state index contributed by atoms with van der Waals surface area (Å²) in [4.78, 5) is 0. The third-order valence-corrected chi connectivity index (χ3v) is 1.84. The van der Waals surface area contributed by atoms with Crippen LogP contribution in [0.4, 0.5) is 17.6 Å². The van der Waals surface area contributed by atoms with Gasteiger partial charge in [-0.2, -0.15) is 18.3 Å². The summed E-state index contributed by atoms with van der Waals surface area (Å²) in [6, 6.07) is 1.28. The van der Waals surface area contributed by atoms with E-state index in [4.69, 9.17) is 0 Å². The van der Waals surface area contributed by atoms with E-state index in [-0.39, 0.29) is 10.9 Å². The number of rotatable bonds is 0. The largest absolute Gasteiger partial charge is 0.416 e. The normalized spacial score (nSPS) is 12.3. The zero-order chi connectivity index (χ0) is 10.3. The third kappa shape index (κ3) is 1.32. The van der Waals surface area contributed by atoms with Gasteiger partial charge in [-0.05, 0) is 12.1 Å². The van der Waals surface area contributed by atoms with Gasteiger partial charge < -0.3 is 0 Å². The minimum Gasteiger partial charge on any atom is -0.278 e. The number of benzene rings is 1. The molecule has 0 radical (unpaired) electrons. The highest BCUT2D eigenvalue weighted by Gasteiger charge is 2.31. The maximum atomic E-state index is 13.1. The van der Waals surface area contributed by atoms with Crippen LogP contribution >= 0.6 is 0 Å². The second-order valence-corrected chi connectivity index (χ2v) is 2.79. The number of hydrogen-bond acceptors (Lipinski definition) is 1. The number of nitrogens with one attached hydrogen (secondary N) is 1. The quantitative estimate of drug-likeness (QED) is 0.656. The van der Waals surface area contributed by atoms with Gasteiger partial charge in [0.25, 0.3) is 0 Å². The highest BCUT2D eigenvalue weighted by Crippen LogP contribution is 2.31. The Morgan fingerprint density at radius 2 is 1.93 bits per heavy atom. The summed E-state index contributed by atoms with van der Waals surface area (Å²) >= 11 is 0. The molecule has 0 saturated carbocycles. The van der Waals surface area contributed by atoms with E-state index in [9.17, 15) is 17.6 Å². The second-order valence-electron chi connectivity index (χ2n) is 2.79. The van der Waals surface area contributed by atoms with E-state index in [0.717, 1.165) is 12.3 Å². The van der Waals surface area contributed by atoms with Crippen molar-refractivity contribution >= 4 is 10.9 Å². The summed E-state index contributed by atoms with van der Waals surface area (Å²) in [6.45, 7) is 0. The van der Waals surface area contributed by atoms with Gasteiger partial charge in [-0.25, -0.2) is 4.39 Å². The van der Waals surface area contributed by atoms with Crippen LogP contribution in [0.15, 0.2) is 18.3 Å². The fraction of sp³-hybridized carbons (Fsp3) is 0.125. The highest BCUT2D eigenvalue weighted by molar-refractivity contribution is 5.79. The highest BCUT2D eigenvalue weighted by atomic mass is 19.4. The molecule has 14 heavy (non-hydrogen) atoms. The lowest BCUT2D eigenvalue weighted by Crippen LogP contribution is -2.05. The molecule has 0 bridgehead atoms. The number of alkyl halides is 3. The zero-order valence-corrected chi connectivity index (χ0v) is 6.69. The molecular formula is C8H4F4N2. The Labute approximate surface area is 75.5 Å². The molecule has 0 aliphatic rings. The number of hydrogen-bond donors (Lipinski definition) is 1. The van der Waals surface area contributed by atoms with Crippen molar-refractivity contribution in [3.05, 3.63) is 29.7 Å². The molecule has 1 N–H and O–H groups in total. The minimum atomic E-state index is -4.54. The topological polar surface area (TPSA) is 28.7 Å². The van der Waals surface area contributed by atoms with E-state index < -0.39 is 17.6 Å². The first-order chi connectivity index (χ1) is 6.48. The molecule has 0 spiro atoms. The summed E-state index contributed by atoms with van der Waals surface area (Å²) < 4.78 is 49.7. The SMILES string of the molecule is Fc1cc(C(F)(F)F)cc2[nH]ncc12. The predicted octanol–water partition coefficient (Wildman–Crippen LogP) is 2.72. The molecule has 1 aromatic carbocycles. The molecule has 0 aliphatic heterocycles. The molecule has 1 heterocycles. The van der Waals surface area contributed by atoms with Gasteiger partial charge >= 0.3 is 6.18 Å². The van der Waals surface area contributed by atoms with Crippen LogP contribution in [0.25, 0.3) is 10.9 Å². The first-order valence-corrected chi connectivity index (χ1v) is 3.68. The fourth-order valence-electron chi connectivity index (χ4n) is 1.17. The summed E-state index contributed by atoms with van der Waals surface area (Å²) in [7, 11) is 0. The number of H-pyrrole nitrogens is 1. The van der Waals surface area contributed by atoms with Crippen LogP contribution < -0.4 is 0 Å². The van der Waals surface area contributed by atoms with Gasteiger partial charge in [0.2, 0.25) is 0 Å². The maximum Gasteiger partial charge on any atom is 0.416 e. The first-order valence-electron chi connectivity index (χ1n) is 3.68. The van der Waals surface area contributed by atoms with E-state index in [1.54, 1.807) is 0 Å². The van der Waals surface area contributed by atoms with E-state index in [0.29, 0.717) is 6.07 Å². The molecule has 0 aliphatic carbocycles. The lowest BCUT2D eigenvalue weighted by Gasteiger charge is -2.06. The van der Waals surface area contributed by atoms with E-state index in [1.165, 1.54) is 0 Å². The van der Waals surface area contributed by atoms with E-state index in [2.05, 4.69) is 10.2 Å². The number of aromatic nitrogens is 2. The van der Waals surface area contributed by atoms with Crippen LogP contribution in [-0.4, -0.2) is 10.2 Å². The van der Waals surface area contributed by atoms with Crippen molar-refractivity contribution in [3.63, 3.8) is 0 Å². The molecule has 1 aromatic heterocycles. The number of nitrogens with zero attached hydrogens (tertiary/aromatic N) is 1. The molecular weight excluding hydrogens is 200 g/mol. The lowest BCUT2D eigenvalue weighted by molar-refractivity contribution is -0.137. The van der Waals surface area contributed by atoms with Crippen LogP contribution in [-0.2, 0) is 6.18 Å².